The lowest BCUT2D eigenvalue weighted by Crippen LogP contribution is -2.47. The van der Waals surface area contributed by atoms with Gasteiger partial charge in [-0.2, -0.15) is 0 Å². The van der Waals surface area contributed by atoms with E-state index in [0.29, 0.717) is 18.0 Å². The van der Waals surface area contributed by atoms with Crippen molar-refractivity contribution < 1.29 is 14.3 Å². The van der Waals surface area contributed by atoms with Crippen molar-refractivity contribution in [1.82, 2.24) is 16.2 Å². The predicted octanol–water partition coefficient (Wildman–Crippen LogP) is 0.943. The number of hydrazine groups is 1. The number of nitrogens with one attached hydrogen (secondary N) is 3. The summed E-state index contributed by atoms with van der Waals surface area (Å²) >= 11 is 3.48. The third-order valence-corrected chi connectivity index (χ3v) is 3.57. The van der Waals surface area contributed by atoms with Gasteiger partial charge in [0.2, 0.25) is 0 Å². The van der Waals surface area contributed by atoms with Crippen LogP contribution in [0.15, 0.2) is 12.1 Å². The fourth-order valence-electron chi connectivity index (χ4n) is 0.922. The van der Waals surface area contributed by atoms with Crippen molar-refractivity contribution >= 4 is 45.9 Å². The Hall–Kier alpha value is -0.870. The molecule has 6 nitrogen and oxygen atoms in total. The first-order valence-corrected chi connectivity index (χ1v) is 6.61. The maximum absolute atomic E-state index is 11.5. The molecule has 1 heterocycles. The van der Waals surface area contributed by atoms with Crippen LogP contribution in [0.5, 0.6) is 0 Å². The fourth-order valence-corrected chi connectivity index (χ4v) is 2.44. The fraction of sp³-hybridized carbons (Fsp3) is 0.333. The van der Waals surface area contributed by atoms with Gasteiger partial charge in [0.1, 0.15) is 0 Å². The summed E-state index contributed by atoms with van der Waals surface area (Å²) < 4.78 is 5.77. The number of carbonyl (C=O) groups excluding carboxylic acids is 2. The van der Waals surface area contributed by atoms with Gasteiger partial charge in [-0.1, -0.05) is 0 Å². The zero-order valence-electron chi connectivity index (χ0n) is 9.08. The minimum atomic E-state index is -0.471. The smallest absolute Gasteiger partial charge is 0.333 e. The molecule has 17 heavy (non-hydrogen) atoms. The van der Waals surface area contributed by atoms with Gasteiger partial charge in [0.25, 0.3) is 5.91 Å². The first-order chi connectivity index (χ1) is 8.13. The Labute approximate surface area is 116 Å². The van der Waals surface area contributed by atoms with E-state index < -0.39 is 6.03 Å². The van der Waals surface area contributed by atoms with Crippen LogP contribution < -0.4 is 16.2 Å². The Morgan fingerprint density at radius 2 is 2.18 bits per heavy atom. The number of thiophene rings is 1. The Kier molecular flexibility index (Phi) is 6.22. The highest BCUT2D eigenvalue weighted by molar-refractivity contribution is 14.1. The molecule has 0 atom stereocenters. The Morgan fingerprint density at radius 1 is 1.41 bits per heavy atom. The maximum Gasteiger partial charge on any atom is 0.333 e. The van der Waals surface area contributed by atoms with Crippen molar-refractivity contribution in [3.63, 3.8) is 0 Å². The number of methoxy groups -OCH3 is 1. The van der Waals surface area contributed by atoms with Crippen molar-refractivity contribution in [2.75, 3.05) is 20.3 Å². The van der Waals surface area contributed by atoms with Gasteiger partial charge in [0.05, 0.1) is 14.4 Å². The number of halogens is 1. The predicted molar refractivity (Wildman–Crippen MR) is 72.9 cm³/mol. The largest absolute Gasteiger partial charge is 0.383 e. The summed E-state index contributed by atoms with van der Waals surface area (Å²) in [6.07, 6.45) is 0. The Morgan fingerprint density at radius 3 is 2.76 bits per heavy atom. The van der Waals surface area contributed by atoms with E-state index in [1.165, 1.54) is 11.3 Å². The van der Waals surface area contributed by atoms with Gasteiger partial charge in [-0.15, -0.1) is 11.3 Å². The molecule has 1 aromatic heterocycles. The first-order valence-electron chi connectivity index (χ1n) is 4.72. The van der Waals surface area contributed by atoms with Crippen LogP contribution >= 0.6 is 33.9 Å². The third-order valence-electron chi connectivity index (χ3n) is 1.68. The molecular weight excluding hydrogens is 357 g/mol. The second-order valence-corrected chi connectivity index (χ2v) is 5.91. The van der Waals surface area contributed by atoms with E-state index in [9.17, 15) is 9.59 Å². The SMILES string of the molecule is COCCNC(=O)NNC(=O)c1ccc(I)s1. The first kappa shape index (κ1) is 14.2. The zero-order valence-corrected chi connectivity index (χ0v) is 12.1. The molecule has 0 aliphatic carbocycles. The van der Waals surface area contributed by atoms with Gasteiger partial charge >= 0.3 is 6.03 Å². The van der Waals surface area contributed by atoms with Crippen LogP contribution in [0.3, 0.4) is 0 Å². The molecule has 0 radical (unpaired) electrons. The molecule has 0 spiro atoms. The van der Waals surface area contributed by atoms with Crippen LogP contribution in [0.25, 0.3) is 0 Å². The molecule has 1 aromatic rings. The Balaban J connectivity index is 2.26. The van der Waals surface area contributed by atoms with E-state index in [2.05, 4.69) is 38.8 Å². The van der Waals surface area contributed by atoms with Crippen LogP contribution in [-0.4, -0.2) is 32.2 Å². The minimum absolute atomic E-state index is 0.334. The second kappa shape index (κ2) is 7.45. The summed E-state index contributed by atoms with van der Waals surface area (Å²) in [6, 6.07) is 3.06. The van der Waals surface area contributed by atoms with E-state index in [1.54, 1.807) is 13.2 Å². The van der Waals surface area contributed by atoms with Gasteiger partial charge in [-0.05, 0) is 34.7 Å². The van der Waals surface area contributed by atoms with Gasteiger partial charge in [-0.3, -0.25) is 10.2 Å². The molecule has 0 aliphatic rings. The molecule has 0 aromatic carbocycles. The van der Waals surface area contributed by atoms with Crippen LogP contribution in [0.4, 0.5) is 4.79 Å². The average molecular weight is 369 g/mol. The number of ether oxygens (including phenoxy) is 1. The highest BCUT2D eigenvalue weighted by Gasteiger charge is 2.08. The molecule has 0 bridgehead atoms. The van der Waals surface area contributed by atoms with E-state index in [1.807, 2.05) is 6.07 Å². The molecule has 0 unspecified atom stereocenters. The Bertz CT molecular complexity index is 397. The molecule has 0 fully saturated rings. The summed E-state index contributed by atoms with van der Waals surface area (Å²) in [5, 5.41) is 2.51. The van der Waals surface area contributed by atoms with Gasteiger partial charge in [0, 0.05) is 13.7 Å². The van der Waals surface area contributed by atoms with E-state index >= 15 is 0 Å². The number of rotatable bonds is 4. The van der Waals surface area contributed by atoms with Crippen molar-refractivity contribution in [1.29, 1.82) is 0 Å². The molecule has 0 saturated heterocycles. The third kappa shape index (κ3) is 5.33. The molecule has 3 N–H and O–H groups in total. The maximum atomic E-state index is 11.5. The van der Waals surface area contributed by atoms with E-state index in [-0.39, 0.29) is 5.91 Å². The monoisotopic (exact) mass is 369 g/mol. The molecule has 8 heteroatoms. The molecule has 1 rings (SSSR count). The number of amides is 3. The summed E-state index contributed by atoms with van der Waals surface area (Å²) in [7, 11) is 1.54. The lowest BCUT2D eigenvalue weighted by atomic mass is 10.4. The summed E-state index contributed by atoms with van der Waals surface area (Å²) in [5.74, 6) is -0.334. The van der Waals surface area contributed by atoms with Crippen molar-refractivity contribution in [2.24, 2.45) is 0 Å². The van der Waals surface area contributed by atoms with Crippen LogP contribution in [0, 0.1) is 2.88 Å². The normalized spacial score (nSPS) is 9.76. The standard InChI is InChI=1S/C9H12IN3O3S/c1-16-5-4-11-9(15)13-12-8(14)6-2-3-7(10)17-6/h2-3H,4-5H2,1H3,(H,12,14)(H2,11,13,15). The summed E-state index contributed by atoms with van der Waals surface area (Å²) in [5.41, 5.74) is 4.55. The van der Waals surface area contributed by atoms with Crippen molar-refractivity contribution in [2.45, 2.75) is 0 Å². The molecule has 0 aliphatic heterocycles. The number of carbonyl (C=O) groups is 2. The van der Waals surface area contributed by atoms with E-state index in [0.717, 1.165) is 2.88 Å². The van der Waals surface area contributed by atoms with Crippen molar-refractivity contribution in [3.05, 3.63) is 19.9 Å². The number of hydrogen-bond donors (Lipinski definition) is 3. The summed E-state index contributed by atoms with van der Waals surface area (Å²) in [4.78, 5) is 23.2. The molecule has 0 saturated carbocycles. The van der Waals surface area contributed by atoms with Gasteiger partial charge in [-0.25, -0.2) is 10.2 Å². The van der Waals surface area contributed by atoms with Crippen molar-refractivity contribution in [3.8, 4) is 0 Å². The van der Waals surface area contributed by atoms with Gasteiger partial charge < -0.3 is 10.1 Å². The zero-order chi connectivity index (χ0) is 12.7. The van der Waals surface area contributed by atoms with Crippen LogP contribution in [-0.2, 0) is 4.74 Å². The van der Waals surface area contributed by atoms with Crippen LogP contribution in [0.1, 0.15) is 9.67 Å². The quantitative estimate of drug-likeness (QED) is 0.420. The van der Waals surface area contributed by atoms with Crippen LogP contribution in [0.2, 0.25) is 0 Å². The lowest BCUT2D eigenvalue weighted by molar-refractivity contribution is 0.0940. The summed E-state index contributed by atoms with van der Waals surface area (Å²) in [6.45, 7) is 0.805. The van der Waals surface area contributed by atoms with Gasteiger partial charge in [0.15, 0.2) is 0 Å². The topological polar surface area (TPSA) is 79.5 Å². The van der Waals surface area contributed by atoms with E-state index in [4.69, 9.17) is 4.74 Å². The highest BCUT2D eigenvalue weighted by Crippen LogP contribution is 2.17. The molecular formula is C9H12IN3O3S. The lowest BCUT2D eigenvalue weighted by Gasteiger charge is -2.07. The number of urea groups is 1. The minimum Gasteiger partial charge on any atom is -0.383 e. The highest BCUT2D eigenvalue weighted by atomic mass is 127. The number of hydrogen-bond acceptors (Lipinski definition) is 4. The second-order valence-electron chi connectivity index (χ2n) is 2.93. The average Bonchev–Trinajstić information content (AvgIpc) is 2.73. The molecule has 3 amide bonds. The molecule has 94 valence electrons.